The lowest BCUT2D eigenvalue weighted by atomic mass is 9.91. The van der Waals surface area contributed by atoms with Crippen molar-refractivity contribution in [3.8, 4) is 0 Å². The summed E-state index contributed by atoms with van der Waals surface area (Å²) in [6.45, 7) is 0.690. The normalized spacial score (nSPS) is 26.2. The molecule has 0 aliphatic heterocycles. The molecule has 2 saturated carbocycles. The smallest absolute Gasteiger partial charge is 0.376 e. The van der Waals surface area contributed by atoms with Gasteiger partial charge >= 0.3 is 6.18 Å². The first-order valence-corrected chi connectivity index (χ1v) is 8.97. The monoisotopic (exact) mass is 373 g/mol. The third-order valence-corrected chi connectivity index (χ3v) is 5.44. The highest BCUT2D eigenvalue weighted by Gasteiger charge is 2.51. The van der Waals surface area contributed by atoms with Crippen molar-refractivity contribution in [1.29, 1.82) is 0 Å². The largest absolute Gasteiger partial charge is 0.421 e. The first kappa shape index (κ1) is 19.1. The fourth-order valence-electron chi connectivity index (χ4n) is 3.55. The molecule has 1 amide bonds. The van der Waals surface area contributed by atoms with Gasteiger partial charge in [0, 0.05) is 17.6 Å². The molecule has 0 heterocycles. The average molecular weight is 373 g/mol. The van der Waals surface area contributed by atoms with Gasteiger partial charge in [-0.3, -0.25) is 4.79 Å². The Labute approximate surface area is 150 Å². The minimum Gasteiger partial charge on any atom is -0.376 e. The molecule has 2 aliphatic carbocycles. The maximum absolute atomic E-state index is 13.4. The van der Waals surface area contributed by atoms with Gasteiger partial charge in [0.15, 0.2) is 5.60 Å². The second-order valence-corrected chi connectivity index (χ2v) is 7.50. The van der Waals surface area contributed by atoms with Crippen LogP contribution in [0.3, 0.4) is 0 Å². The number of hydrogen-bond donors (Lipinski definition) is 1. The molecule has 0 bridgehead atoms. The molecule has 7 heteroatoms. The molecule has 144 valence electrons. The number of alkyl halides is 4. The van der Waals surface area contributed by atoms with Gasteiger partial charge in [0.25, 0.3) is 5.91 Å². The van der Waals surface area contributed by atoms with Crippen LogP contribution in [0, 0.1) is 0 Å². The van der Waals surface area contributed by atoms with Gasteiger partial charge in [-0.05, 0) is 63.1 Å². The number of halogens is 4. The van der Waals surface area contributed by atoms with E-state index < -0.39 is 17.9 Å². The average Bonchev–Trinajstić information content (AvgIpc) is 3.41. The van der Waals surface area contributed by atoms with E-state index in [-0.39, 0.29) is 23.6 Å². The molecule has 0 spiro atoms. The lowest BCUT2D eigenvalue weighted by Crippen LogP contribution is -2.44. The lowest BCUT2D eigenvalue weighted by molar-refractivity contribution is -0.258. The molecule has 1 atom stereocenters. The predicted molar refractivity (Wildman–Crippen MR) is 88.4 cm³/mol. The molecule has 0 radical (unpaired) electrons. The Morgan fingerprint density at radius 2 is 1.46 bits per heavy atom. The van der Waals surface area contributed by atoms with Crippen molar-refractivity contribution < 1.29 is 27.5 Å². The van der Waals surface area contributed by atoms with Gasteiger partial charge in [-0.15, -0.1) is 0 Å². The topological polar surface area (TPSA) is 40.5 Å². The summed E-state index contributed by atoms with van der Waals surface area (Å²) in [6, 6.07) is 5.07. The molecule has 2 aliphatic rings. The molecular formula is C19H23F4NO2. The van der Waals surface area contributed by atoms with Crippen molar-refractivity contribution in [2.75, 3.05) is 0 Å². The van der Waals surface area contributed by atoms with E-state index in [1.807, 2.05) is 0 Å². The molecule has 1 aromatic carbocycles. The second-order valence-electron chi connectivity index (χ2n) is 7.50. The van der Waals surface area contributed by atoms with Gasteiger partial charge < -0.3 is 10.0 Å². The number of benzene rings is 1. The van der Waals surface area contributed by atoms with Gasteiger partial charge in [0.1, 0.15) is 6.17 Å². The zero-order valence-electron chi connectivity index (χ0n) is 14.6. The molecule has 3 nitrogen and oxygen atoms in total. The van der Waals surface area contributed by atoms with E-state index in [4.69, 9.17) is 0 Å². The molecular weight excluding hydrogens is 350 g/mol. The van der Waals surface area contributed by atoms with E-state index in [2.05, 4.69) is 0 Å². The van der Waals surface area contributed by atoms with E-state index >= 15 is 0 Å². The predicted octanol–water partition coefficient (Wildman–Crippen LogP) is 4.34. The quantitative estimate of drug-likeness (QED) is 0.798. The van der Waals surface area contributed by atoms with E-state index in [0.29, 0.717) is 38.2 Å². The third-order valence-electron chi connectivity index (χ3n) is 5.44. The van der Waals surface area contributed by atoms with Crippen molar-refractivity contribution in [2.24, 2.45) is 0 Å². The zero-order chi connectivity index (χ0) is 19.1. The molecule has 26 heavy (non-hydrogen) atoms. The molecule has 0 unspecified atom stereocenters. The Kier molecular flexibility index (Phi) is 5.03. The van der Waals surface area contributed by atoms with Crippen molar-refractivity contribution in [2.45, 2.75) is 75.5 Å². The second kappa shape index (κ2) is 6.83. The zero-order valence-corrected chi connectivity index (χ0v) is 14.6. The number of rotatable bonds is 4. The maximum atomic E-state index is 13.4. The van der Waals surface area contributed by atoms with Crippen LogP contribution in [0.1, 0.15) is 61.4 Å². The third kappa shape index (κ3) is 3.72. The van der Waals surface area contributed by atoms with Crippen LogP contribution in [0.15, 0.2) is 24.3 Å². The Hall–Kier alpha value is -1.63. The highest BCUT2D eigenvalue weighted by molar-refractivity contribution is 5.95. The summed E-state index contributed by atoms with van der Waals surface area (Å²) in [4.78, 5) is 14.7. The molecule has 0 saturated heterocycles. The summed E-state index contributed by atoms with van der Waals surface area (Å²) in [6.07, 6.45) is -1.70. The van der Waals surface area contributed by atoms with Gasteiger partial charge in [-0.2, -0.15) is 13.2 Å². The van der Waals surface area contributed by atoms with E-state index in [9.17, 15) is 27.5 Å². The summed E-state index contributed by atoms with van der Waals surface area (Å²) in [7, 11) is 0. The number of hydrogen-bond acceptors (Lipinski definition) is 2. The summed E-state index contributed by atoms with van der Waals surface area (Å²) >= 11 is 0. The number of nitrogens with zero attached hydrogens (tertiary/aromatic N) is 1. The Morgan fingerprint density at radius 1 is 1.00 bits per heavy atom. The van der Waals surface area contributed by atoms with E-state index in [1.165, 1.54) is 12.1 Å². The maximum Gasteiger partial charge on any atom is 0.421 e. The summed E-state index contributed by atoms with van der Waals surface area (Å²) < 4.78 is 52.2. The Morgan fingerprint density at radius 3 is 1.88 bits per heavy atom. The first-order chi connectivity index (χ1) is 12.1. The van der Waals surface area contributed by atoms with Crippen LogP contribution in [-0.4, -0.2) is 40.3 Å². The van der Waals surface area contributed by atoms with Crippen molar-refractivity contribution in [3.63, 3.8) is 0 Å². The van der Waals surface area contributed by atoms with Gasteiger partial charge in [0.05, 0.1) is 0 Å². The van der Waals surface area contributed by atoms with Crippen LogP contribution >= 0.6 is 0 Å². The van der Waals surface area contributed by atoms with E-state index in [0.717, 1.165) is 25.0 Å². The minimum atomic E-state index is -4.80. The van der Waals surface area contributed by atoms with Crippen LogP contribution < -0.4 is 0 Å². The van der Waals surface area contributed by atoms with Crippen LogP contribution in [0.2, 0.25) is 0 Å². The van der Waals surface area contributed by atoms with Crippen molar-refractivity contribution in [3.05, 3.63) is 35.4 Å². The number of carbonyl (C=O) groups is 1. The molecule has 1 aromatic rings. The summed E-state index contributed by atoms with van der Waals surface area (Å²) in [5.41, 5.74) is -2.98. The highest BCUT2D eigenvalue weighted by atomic mass is 19.4. The van der Waals surface area contributed by atoms with Crippen LogP contribution in [0.4, 0.5) is 17.6 Å². The van der Waals surface area contributed by atoms with Crippen molar-refractivity contribution in [1.82, 2.24) is 4.90 Å². The Bertz CT molecular complexity index is 644. The van der Waals surface area contributed by atoms with Crippen LogP contribution in [0.25, 0.3) is 0 Å². The van der Waals surface area contributed by atoms with Gasteiger partial charge in [-0.1, -0.05) is 12.1 Å². The van der Waals surface area contributed by atoms with Gasteiger partial charge in [0.2, 0.25) is 0 Å². The fourth-order valence-corrected chi connectivity index (χ4v) is 3.55. The van der Waals surface area contributed by atoms with E-state index in [1.54, 1.807) is 4.90 Å². The lowest BCUT2D eigenvalue weighted by Gasteiger charge is -2.35. The number of aliphatic hydroxyl groups is 1. The highest BCUT2D eigenvalue weighted by Crippen LogP contribution is 2.39. The summed E-state index contributed by atoms with van der Waals surface area (Å²) in [5.74, 6) is -0.229. The number of carbonyl (C=O) groups excluding carboxylic acids is 1. The van der Waals surface area contributed by atoms with Crippen molar-refractivity contribution >= 4 is 5.91 Å². The first-order valence-electron chi connectivity index (χ1n) is 8.97. The minimum absolute atomic E-state index is 0.0139. The molecule has 1 N–H and O–H groups in total. The van der Waals surface area contributed by atoms with Crippen LogP contribution in [0.5, 0.6) is 0 Å². The number of amides is 1. The molecule has 0 aromatic heterocycles. The standard InChI is InChI=1S/C19H23F4NO2/c1-18(26,19(21,22)23)13-4-2-12(3-5-13)17(25)24(16-10-11-16)15-8-6-14(20)7-9-15/h2-5,14-16,26H,6-11H2,1H3/t14-,15-,18-/m0/s1. The van der Waals surface area contributed by atoms with Crippen LogP contribution in [-0.2, 0) is 5.60 Å². The summed E-state index contributed by atoms with van der Waals surface area (Å²) in [5, 5.41) is 9.73. The SMILES string of the molecule is C[C@](O)(c1ccc(C(=O)N(C2CC2)[C@H]2CC[C@H](F)CC2)cc1)C(F)(F)F. The fraction of sp³-hybridized carbons (Fsp3) is 0.632. The Balaban J connectivity index is 1.78. The van der Waals surface area contributed by atoms with Gasteiger partial charge in [-0.25, -0.2) is 4.39 Å². The molecule has 2 fully saturated rings. The molecule has 3 rings (SSSR count).